The van der Waals surface area contributed by atoms with E-state index in [-0.39, 0.29) is 5.56 Å². The Morgan fingerprint density at radius 2 is 2.00 bits per heavy atom. The van der Waals surface area contributed by atoms with Crippen molar-refractivity contribution in [1.82, 2.24) is 0 Å². The molecule has 0 fully saturated rings. The number of benzene rings is 1. The van der Waals surface area contributed by atoms with Crippen molar-refractivity contribution in [2.45, 2.75) is 12.5 Å². The van der Waals surface area contributed by atoms with Crippen molar-refractivity contribution in [3.63, 3.8) is 0 Å². The maximum absolute atomic E-state index is 12.5. The molecule has 0 amide bonds. The fraction of sp³-hybridized carbons (Fsp3) is 0.222. The van der Waals surface area contributed by atoms with E-state index < -0.39 is 23.5 Å². The quantitative estimate of drug-likeness (QED) is 0.610. The smallest absolute Gasteiger partial charge is 0.428 e. The number of alkyl halides is 4. The van der Waals surface area contributed by atoms with Crippen molar-refractivity contribution >= 4 is 16.8 Å². The number of hydrogen-bond donors (Lipinski definition) is 0. The van der Waals surface area contributed by atoms with Crippen molar-refractivity contribution in [2.75, 3.05) is 0 Å². The van der Waals surface area contributed by atoms with Crippen LogP contribution in [0.2, 0.25) is 0 Å². The molecule has 7 heteroatoms. The van der Waals surface area contributed by atoms with Crippen molar-refractivity contribution in [3.8, 4) is 5.75 Å². The summed E-state index contributed by atoms with van der Waals surface area (Å²) in [5.41, 5.74) is -0.121. The van der Waals surface area contributed by atoms with Crippen LogP contribution in [0.25, 0.3) is 0 Å². The van der Waals surface area contributed by atoms with Gasteiger partial charge in [-0.15, -0.1) is 0 Å². The minimum absolute atomic E-state index is 0.121. The Kier molecular flexibility index (Phi) is 3.74. The molecule has 0 aromatic heterocycles. The third kappa shape index (κ3) is 3.10. The minimum atomic E-state index is -4.60. The van der Waals surface area contributed by atoms with E-state index in [1.165, 1.54) is 12.1 Å². The van der Waals surface area contributed by atoms with Gasteiger partial charge >= 0.3 is 12.5 Å². The lowest BCUT2D eigenvalue weighted by Gasteiger charge is -2.16. The number of hydrogen-bond acceptors (Lipinski definition) is 2. The van der Waals surface area contributed by atoms with Crippen LogP contribution < -0.4 is 4.74 Å². The molecule has 0 saturated carbocycles. The molecule has 0 bridgehead atoms. The molecule has 88 valence electrons. The van der Waals surface area contributed by atoms with E-state index in [0.29, 0.717) is 0 Å². The van der Waals surface area contributed by atoms with E-state index in [1.54, 1.807) is 0 Å². The molecule has 0 atom stereocenters. The molecular weight excluding hydrogens is 252 g/mol. The highest BCUT2D eigenvalue weighted by molar-refractivity contribution is 6.67. The molecule has 1 aromatic carbocycles. The minimum Gasteiger partial charge on any atom is -0.428 e. The van der Waals surface area contributed by atoms with Crippen LogP contribution in [0.1, 0.15) is 10.4 Å². The van der Waals surface area contributed by atoms with Gasteiger partial charge in [-0.05, 0) is 29.8 Å². The maximum Gasteiger partial charge on any atom is 0.461 e. The topological polar surface area (TPSA) is 26.3 Å². The Balaban J connectivity index is 2.90. The summed E-state index contributed by atoms with van der Waals surface area (Å²) in [5, 5.41) is -0.897. The van der Waals surface area contributed by atoms with Crippen LogP contribution in [-0.2, 0) is 0 Å². The molecule has 0 aliphatic carbocycles. The second-order valence-electron chi connectivity index (χ2n) is 2.77. The highest BCUT2D eigenvalue weighted by atomic mass is 35.5. The van der Waals surface area contributed by atoms with E-state index in [0.717, 1.165) is 12.1 Å². The first-order chi connectivity index (χ1) is 7.33. The van der Waals surface area contributed by atoms with E-state index in [2.05, 4.69) is 4.74 Å². The Bertz CT molecular complexity index is 395. The van der Waals surface area contributed by atoms with E-state index >= 15 is 0 Å². The second kappa shape index (κ2) is 4.69. The van der Waals surface area contributed by atoms with E-state index in [4.69, 9.17) is 11.6 Å². The fourth-order valence-corrected chi connectivity index (χ4v) is 1.00. The molecule has 1 rings (SSSR count). The molecule has 16 heavy (non-hydrogen) atoms. The normalized spacial score (nSPS) is 11.6. The third-order valence-electron chi connectivity index (χ3n) is 1.57. The van der Waals surface area contributed by atoms with Crippen molar-refractivity contribution < 1.29 is 27.1 Å². The first-order valence-electron chi connectivity index (χ1n) is 3.98. The average molecular weight is 257 g/mol. The lowest BCUT2D eigenvalue weighted by atomic mass is 10.2. The van der Waals surface area contributed by atoms with E-state index in [1.807, 2.05) is 0 Å². The summed E-state index contributed by atoms with van der Waals surface area (Å²) in [6.45, 7) is 0. The Morgan fingerprint density at radius 3 is 2.50 bits per heavy atom. The summed E-state index contributed by atoms with van der Waals surface area (Å²) in [4.78, 5) is 10.7. The lowest BCUT2D eigenvalue weighted by Crippen LogP contribution is -2.33. The SMILES string of the molecule is O=C(Cl)c1cccc(OC(F)(F)C(F)F)c1. The van der Waals surface area contributed by atoms with Gasteiger partial charge in [0.25, 0.3) is 5.24 Å². The molecule has 0 radical (unpaired) electrons. The molecule has 1 aromatic rings. The Labute approximate surface area is 92.8 Å². The predicted molar refractivity (Wildman–Crippen MR) is 48.2 cm³/mol. The van der Waals surface area contributed by atoms with Crippen molar-refractivity contribution in [1.29, 1.82) is 0 Å². The van der Waals surface area contributed by atoms with Gasteiger partial charge in [-0.1, -0.05) is 6.07 Å². The summed E-state index contributed by atoms with van der Waals surface area (Å²) < 4.78 is 52.3. The van der Waals surface area contributed by atoms with Crippen LogP contribution in [0.3, 0.4) is 0 Å². The molecule has 0 spiro atoms. The van der Waals surface area contributed by atoms with Gasteiger partial charge in [-0.3, -0.25) is 4.79 Å². The van der Waals surface area contributed by atoms with Crippen LogP contribution in [0, 0.1) is 0 Å². The van der Waals surface area contributed by atoms with Crippen LogP contribution in [-0.4, -0.2) is 17.8 Å². The zero-order valence-corrected chi connectivity index (χ0v) is 8.35. The number of carbonyl (C=O) groups is 1. The van der Waals surface area contributed by atoms with Gasteiger partial charge < -0.3 is 4.74 Å². The zero-order valence-electron chi connectivity index (χ0n) is 7.59. The monoisotopic (exact) mass is 256 g/mol. The number of rotatable bonds is 4. The predicted octanol–water partition coefficient (Wildman–Crippen LogP) is 3.30. The highest BCUT2D eigenvalue weighted by Crippen LogP contribution is 2.27. The van der Waals surface area contributed by atoms with E-state index in [9.17, 15) is 22.4 Å². The van der Waals surface area contributed by atoms with Gasteiger partial charge in [0.2, 0.25) is 0 Å². The Morgan fingerprint density at radius 1 is 1.38 bits per heavy atom. The Hall–Kier alpha value is -1.30. The van der Waals surface area contributed by atoms with Gasteiger partial charge in [0, 0.05) is 5.56 Å². The maximum atomic E-state index is 12.5. The zero-order chi connectivity index (χ0) is 12.3. The second-order valence-corrected chi connectivity index (χ2v) is 3.11. The summed E-state index contributed by atoms with van der Waals surface area (Å²) in [6, 6.07) is 4.29. The first kappa shape index (κ1) is 12.8. The third-order valence-corrected chi connectivity index (χ3v) is 1.79. The lowest BCUT2D eigenvalue weighted by molar-refractivity contribution is -0.253. The number of halogens is 5. The molecule has 0 N–H and O–H groups in total. The molecular formula is C9H5ClF4O2. The summed E-state index contributed by atoms with van der Waals surface area (Å²) in [7, 11) is 0. The summed E-state index contributed by atoms with van der Waals surface area (Å²) >= 11 is 5.08. The molecule has 0 unspecified atom stereocenters. The highest BCUT2D eigenvalue weighted by Gasteiger charge is 2.43. The van der Waals surface area contributed by atoms with Crippen LogP contribution in [0.5, 0.6) is 5.75 Å². The molecule has 0 aliphatic heterocycles. The number of carbonyl (C=O) groups excluding carboxylic acids is 1. The van der Waals surface area contributed by atoms with Gasteiger partial charge in [-0.25, -0.2) is 0 Å². The molecule has 0 heterocycles. The van der Waals surface area contributed by atoms with Gasteiger partial charge in [0.15, 0.2) is 0 Å². The summed E-state index contributed by atoms with van der Waals surface area (Å²) in [6.07, 6.45) is -8.56. The van der Waals surface area contributed by atoms with Gasteiger partial charge in [-0.2, -0.15) is 17.6 Å². The largest absolute Gasteiger partial charge is 0.461 e. The van der Waals surface area contributed by atoms with Gasteiger partial charge in [0.05, 0.1) is 0 Å². The van der Waals surface area contributed by atoms with Crippen molar-refractivity contribution in [2.24, 2.45) is 0 Å². The first-order valence-corrected chi connectivity index (χ1v) is 4.35. The molecule has 0 saturated heterocycles. The molecule has 0 aliphatic rings. The molecule has 2 nitrogen and oxygen atoms in total. The summed E-state index contributed by atoms with van der Waals surface area (Å²) in [5.74, 6) is -0.559. The van der Waals surface area contributed by atoms with Crippen molar-refractivity contribution in [3.05, 3.63) is 29.8 Å². The van der Waals surface area contributed by atoms with Gasteiger partial charge in [0.1, 0.15) is 5.75 Å². The van der Waals surface area contributed by atoms with Crippen LogP contribution >= 0.6 is 11.6 Å². The van der Waals surface area contributed by atoms with Crippen LogP contribution in [0.4, 0.5) is 17.6 Å². The average Bonchev–Trinajstić information content (AvgIpc) is 2.17. The number of ether oxygens (including phenoxy) is 1. The van der Waals surface area contributed by atoms with Crippen LogP contribution in [0.15, 0.2) is 24.3 Å². The standard InChI is InChI=1S/C9H5ClF4O2/c10-7(15)5-2-1-3-6(4-5)16-9(13,14)8(11)12/h1-4,8H. The fourth-order valence-electron chi connectivity index (χ4n) is 0.884.